The van der Waals surface area contributed by atoms with E-state index >= 15 is 0 Å². The van der Waals surface area contributed by atoms with Gasteiger partial charge in [0.1, 0.15) is 0 Å². The molecule has 6 heteroatoms. The van der Waals surface area contributed by atoms with Crippen molar-refractivity contribution in [2.75, 3.05) is 13.6 Å². The molecule has 0 saturated carbocycles. The van der Waals surface area contributed by atoms with E-state index in [0.717, 1.165) is 25.6 Å². The second kappa shape index (κ2) is 6.80. The average molecular weight is 263 g/mol. The van der Waals surface area contributed by atoms with Gasteiger partial charge < -0.3 is 15.2 Å². The molecule has 2 heterocycles. The molecule has 2 aromatic heterocycles. The lowest BCUT2D eigenvalue weighted by Crippen LogP contribution is -2.38. The first-order valence-corrected chi connectivity index (χ1v) is 6.69. The second-order valence-electron chi connectivity index (χ2n) is 3.73. The largest absolute Gasteiger partial charge is 0.355 e. The molecule has 0 bridgehead atoms. The predicted molar refractivity (Wildman–Crippen MR) is 74.7 cm³/mol. The van der Waals surface area contributed by atoms with Gasteiger partial charge >= 0.3 is 0 Å². The number of thiophene rings is 1. The molecular weight excluding hydrogens is 246 g/mol. The van der Waals surface area contributed by atoms with Crippen LogP contribution in [0.2, 0.25) is 0 Å². The number of hydrogen-bond acceptors (Lipinski definition) is 3. The third-order valence-corrected chi connectivity index (χ3v) is 3.33. The summed E-state index contributed by atoms with van der Waals surface area (Å²) in [5, 5.41) is 8.62. The van der Waals surface area contributed by atoms with Crippen molar-refractivity contribution < 1.29 is 0 Å². The summed E-state index contributed by atoms with van der Waals surface area (Å²) >= 11 is 1.74. The summed E-state index contributed by atoms with van der Waals surface area (Å²) in [7, 11) is 1.78. The number of hydrogen-bond donors (Lipinski definition) is 2. The van der Waals surface area contributed by atoms with Gasteiger partial charge in [-0.05, 0) is 11.4 Å². The standard InChI is InChI=1S/C12H17N5S/c1-13-12(16-9-11-3-2-8-18-11)15-5-7-17-6-4-14-10-17/h2-4,6,8,10H,5,7,9H2,1H3,(H2,13,15,16). The summed E-state index contributed by atoms with van der Waals surface area (Å²) in [5.74, 6) is 0.823. The Morgan fingerprint density at radius 3 is 3.11 bits per heavy atom. The quantitative estimate of drug-likeness (QED) is 0.632. The number of imidazole rings is 1. The molecule has 0 radical (unpaired) electrons. The van der Waals surface area contributed by atoms with E-state index in [9.17, 15) is 0 Å². The lowest BCUT2D eigenvalue weighted by atomic mass is 10.4. The van der Waals surface area contributed by atoms with E-state index in [1.807, 2.05) is 17.1 Å². The van der Waals surface area contributed by atoms with Crippen LogP contribution in [0, 0.1) is 0 Å². The van der Waals surface area contributed by atoms with Crippen LogP contribution >= 0.6 is 11.3 Å². The van der Waals surface area contributed by atoms with Gasteiger partial charge in [0.05, 0.1) is 12.9 Å². The van der Waals surface area contributed by atoms with Crippen molar-refractivity contribution in [3.8, 4) is 0 Å². The van der Waals surface area contributed by atoms with Crippen molar-refractivity contribution in [3.63, 3.8) is 0 Å². The minimum absolute atomic E-state index is 0.808. The molecule has 0 aliphatic heterocycles. The van der Waals surface area contributed by atoms with Gasteiger partial charge in [-0.1, -0.05) is 6.07 Å². The minimum Gasteiger partial charge on any atom is -0.355 e. The summed E-state index contributed by atoms with van der Waals surface area (Å²) < 4.78 is 2.03. The minimum atomic E-state index is 0.808. The van der Waals surface area contributed by atoms with Crippen molar-refractivity contribution >= 4 is 17.3 Å². The summed E-state index contributed by atoms with van der Waals surface area (Å²) in [6.45, 7) is 2.50. The molecule has 0 atom stereocenters. The molecule has 18 heavy (non-hydrogen) atoms. The first-order valence-electron chi connectivity index (χ1n) is 5.81. The van der Waals surface area contributed by atoms with Crippen LogP contribution < -0.4 is 10.6 Å². The molecule has 0 amide bonds. The molecule has 0 saturated heterocycles. The first kappa shape index (κ1) is 12.6. The number of aromatic nitrogens is 2. The topological polar surface area (TPSA) is 54.2 Å². The number of nitrogens with zero attached hydrogens (tertiary/aromatic N) is 3. The van der Waals surface area contributed by atoms with Crippen LogP contribution in [0.15, 0.2) is 41.2 Å². The highest BCUT2D eigenvalue weighted by Crippen LogP contribution is 2.06. The summed E-state index contributed by atoms with van der Waals surface area (Å²) in [5.41, 5.74) is 0. The van der Waals surface area contributed by atoms with Crippen LogP contribution in [-0.4, -0.2) is 29.1 Å². The normalized spacial score (nSPS) is 11.5. The Labute approximate surface area is 111 Å². The third-order valence-electron chi connectivity index (χ3n) is 2.46. The summed E-state index contributed by atoms with van der Waals surface area (Å²) in [4.78, 5) is 9.48. The molecule has 5 nitrogen and oxygen atoms in total. The van der Waals surface area contributed by atoms with Gasteiger partial charge in [-0.25, -0.2) is 4.98 Å². The summed E-state index contributed by atoms with van der Waals surface area (Å²) in [6.07, 6.45) is 5.54. The van der Waals surface area contributed by atoms with Crippen molar-refractivity contribution in [2.24, 2.45) is 4.99 Å². The van der Waals surface area contributed by atoms with Gasteiger partial charge in [-0.3, -0.25) is 4.99 Å². The van der Waals surface area contributed by atoms with Crippen molar-refractivity contribution in [1.82, 2.24) is 20.2 Å². The average Bonchev–Trinajstić information content (AvgIpc) is 3.06. The van der Waals surface area contributed by atoms with Crippen LogP contribution in [-0.2, 0) is 13.1 Å². The number of nitrogens with one attached hydrogen (secondary N) is 2. The number of guanidine groups is 1. The highest BCUT2D eigenvalue weighted by molar-refractivity contribution is 7.09. The molecule has 2 N–H and O–H groups in total. The Morgan fingerprint density at radius 1 is 1.50 bits per heavy atom. The van der Waals surface area contributed by atoms with E-state index in [1.54, 1.807) is 24.6 Å². The maximum Gasteiger partial charge on any atom is 0.191 e. The molecule has 2 rings (SSSR count). The molecular formula is C12H17N5S. The lowest BCUT2D eigenvalue weighted by Gasteiger charge is -2.11. The zero-order valence-corrected chi connectivity index (χ0v) is 11.2. The van der Waals surface area contributed by atoms with Gasteiger partial charge in [0.15, 0.2) is 5.96 Å². The van der Waals surface area contributed by atoms with Crippen molar-refractivity contribution in [1.29, 1.82) is 0 Å². The molecule has 0 aliphatic carbocycles. The van der Waals surface area contributed by atoms with Crippen LogP contribution in [0.25, 0.3) is 0 Å². The highest BCUT2D eigenvalue weighted by Gasteiger charge is 1.98. The lowest BCUT2D eigenvalue weighted by molar-refractivity contribution is 0.662. The number of aliphatic imine (C=N–C) groups is 1. The smallest absolute Gasteiger partial charge is 0.191 e. The highest BCUT2D eigenvalue weighted by atomic mass is 32.1. The van der Waals surface area contributed by atoms with Gasteiger partial charge in [0, 0.05) is 37.4 Å². The molecule has 0 spiro atoms. The van der Waals surface area contributed by atoms with Crippen molar-refractivity contribution in [2.45, 2.75) is 13.1 Å². The van der Waals surface area contributed by atoms with Crippen LogP contribution in [0.1, 0.15) is 4.88 Å². The third kappa shape index (κ3) is 3.89. The van der Waals surface area contributed by atoms with Gasteiger partial charge in [0.2, 0.25) is 0 Å². The molecule has 0 aliphatic rings. The molecule has 0 aromatic carbocycles. The van der Waals surface area contributed by atoms with Crippen LogP contribution in [0.3, 0.4) is 0 Å². The molecule has 0 fully saturated rings. The summed E-state index contributed by atoms with van der Waals surface area (Å²) in [6, 6.07) is 4.16. The Balaban J connectivity index is 1.69. The zero-order valence-electron chi connectivity index (χ0n) is 10.3. The van der Waals surface area contributed by atoms with Gasteiger partial charge in [-0.2, -0.15) is 0 Å². The van der Waals surface area contributed by atoms with E-state index in [0.29, 0.717) is 0 Å². The fourth-order valence-corrected chi connectivity index (χ4v) is 2.17. The van der Waals surface area contributed by atoms with E-state index in [1.165, 1.54) is 4.88 Å². The molecule has 0 unspecified atom stereocenters. The Hall–Kier alpha value is -1.82. The first-order chi connectivity index (χ1) is 8.88. The Bertz CT molecular complexity index is 461. The van der Waals surface area contributed by atoms with Gasteiger partial charge in [0.25, 0.3) is 0 Å². The van der Waals surface area contributed by atoms with Crippen molar-refractivity contribution in [3.05, 3.63) is 41.1 Å². The molecule has 96 valence electrons. The maximum atomic E-state index is 4.18. The maximum absolute atomic E-state index is 4.18. The second-order valence-corrected chi connectivity index (χ2v) is 4.76. The fourth-order valence-electron chi connectivity index (χ4n) is 1.53. The van der Waals surface area contributed by atoms with E-state index in [2.05, 4.69) is 38.1 Å². The molecule has 2 aromatic rings. The number of rotatable bonds is 5. The zero-order chi connectivity index (χ0) is 12.6. The Morgan fingerprint density at radius 2 is 2.44 bits per heavy atom. The van der Waals surface area contributed by atoms with E-state index in [4.69, 9.17) is 0 Å². The van der Waals surface area contributed by atoms with Gasteiger partial charge in [-0.15, -0.1) is 11.3 Å². The van der Waals surface area contributed by atoms with Crippen LogP contribution in [0.4, 0.5) is 0 Å². The SMILES string of the molecule is CN=C(NCCn1ccnc1)NCc1cccs1. The van der Waals surface area contributed by atoms with E-state index < -0.39 is 0 Å². The van der Waals surface area contributed by atoms with E-state index in [-0.39, 0.29) is 0 Å². The predicted octanol–water partition coefficient (Wildman–Crippen LogP) is 1.31. The fraction of sp³-hybridized carbons (Fsp3) is 0.333. The van der Waals surface area contributed by atoms with Crippen LogP contribution in [0.5, 0.6) is 0 Å². The monoisotopic (exact) mass is 263 g/mol. The Kier molecular flexibility index (Phi) is 4.78.